The van der Waals surface area contributed by atoms with Gasteiger partial charge in [0, 0.05) is 32.4 Å². The third-order valence-corrected chi connectivity index (χ3v) is 4.61. The van der Waals surface area contributed by atoms with Gasteiger partial charge >= 0.3 is 5.97 Å². The van der Waals surface area contributed by atoms with Crippen molar-refractivity contribution in [3.8, 4) is 5.75 Å². The topological polar surface area (TPSA) is 95.9 Å². The summed E-state index contributed by atoms with van der Waals surface area (Å²) < 4.78 is 5.41. The molecule has 2 unspecified atom stereocenters. The van der Waals surface area contributed by atoms with Gasteiger partial charge in [-0.3, -0.25) is 9.59 Å². The highest BCUT2D eigenvalue weighted by molar-refractivity contribution is 5.90. The van der Waals surface area contributed by atoms with Gasteiger partial charge in [0.2, 0.25) is 11.8 Å². The molecule has 2 amide bonds. The van der Waals surface area contributed by atoms with E-state index in [2.05, 4.69) is 5.32 Å². The number of likely N-dealkylation sites (tertiary alicyclic amines) is 1. The smallest absolute Gasteiger partial charge is 0.330 e. The number of carbonyl (C=O) groups excluding carboxylic acids is 2. The van der Waals surface area contributed by atoms with Crippen LogP contribution in [-0.4, -0.2) is 48.0 Å². The number of rotatable bonds is 4. The van der Waals surface area contributed by atoms with Crippen molar-refractivity contribution >= 4 is 17.8 Å². The lowest BCUT2D eigenvalue weighted by atomic mass is 9.94. The van der Waals surface area contributed by atoms with Crippen molar-refractivity contribution in [2.24, 2.45) is 5.92 Å². The average molecular weight is 332 g/mol. The van der Waals surface area contributed by atoms with E-state index in [1.54, 1.807) is 30.1 Å². The van der Waals surface area contributed by atoms with Gasteiger partial charge in [-0.1, -0.05) is 6.07 Å². The molecule has 2 aliphatic heterocycles. The molecule has 1 saturated heterocycles. The van der Waals surface area contributed by atoms with Crippen LogP contribution >= 0.6 is 0 Å². The second kappa shape index (κ2) is 6.51. The van der Waals surface area contributed by atoms with Gasteiger partial charge in [0.25, 0.3) is 0 Å². The number of amides is 2. The molecule has 3 rings (SSSR count). The van der Waals surface area contributed by atoms with Crippen molar-refractivity contribution in [1.82, 2.24) is 10.2 Å². The maximum Gasteiger partial charge on any atom is 0.330 e. The molecule has 2 atom stereocenters. The van der Waals surface area contributed by atoms with Crippen LogP contribution in [0, 0.1) is 5.92 Å². The Labute approximate surface area is 139 Å². The van der Waals surface area contributed by atoms with Crippen molar-refractivity contribution < 1.29 is 24.2 Å². The number of carbonyl (C=O) groups is 3. The number of benzene rings is 1. The molecule has 0 aromatic heterocycles. The van der Waals surface area contributed by atoms with Crippen molar-refractivity contribution in [3.63, 3.8) is 0 Å². The lowest BCUT2D eigenvalue weighted by Gasteiger charge is -2.28. The molecule has 1 aromatic rings. The number of hydrogen-bond acceptors (Lipinski definition) is 4. The molecular formula is C17H20N2O5. The van der Waals surface area contributed by atoms with Crippen LogP contribution in [0.2, 0.25) is 0 Å². The number of piperidine rings is 1. The average Bonchev–Trinajstić information content (AvgIpc) is 3.02. The third-order valence-electron chi connectivity index (χ3n) is 4.61. The minimum absolute atomic E-state index is 0.0945. The highest BCUT2D eigenvalue weighted by Gasteiger charge is 2.32. The lowest BCUT2D eigenvalue weighted by molar-refractivity contribution is -0.144. The zero-order chi connectivity index (χ0) is 17.3. The van der Waals surface area contributed by atoms with Gasteiger partial charge in [-0.25, -0.2) is 4.79 Å². The van der Waals surface area contributed by atoms with Crippen LogP contribution in [0.1, 0.15) is 30.0 Å². The zero-order valence-electron chi connectivity index (χ0n) is 13.4. The van der Waals surface area contributed by atoms with Crippen LogP contribution in [0.15, 0.2) is 18.2 Å². The number of nitrogens with one attached hydrogen (secondary N) is 1. The third kappa shape index (κ3) is 3.20. The molecule has 24 heavy (non-hydrogen) atoms. The summed E-state index contributed by atoms with van der Waals surface area (Å²) in [4.78, 5) is 37.3. The van der Waals surface area contributed by atoms with Crippen LogP contribution in [0.3, 0.4) is 0 Å². The summed E-state index contributed by atoms with van der Waals surface area (Å²) in [5.74, 6) is -1.33. The molecule has 128 valence electrons. The molecule has 2 heterocycles. The molecular weight excluding hydrogens is 312 g/mol. The Morgan fingerprint density at radius 2 is 2.21 bits per heavy atom. The van der Waals surface area contributed by atoms with E-state index in [4.69, 9.17) is 4.74 Å². The van der Waals surface area contributed by atoms with Gasteiger partial charge in [0.05, 0.1) is 6.61 Å². The molecule has 7 nitrogen and oxygen atoms in total. The van der Waals surface area contributed by atoms with Crippen molar-refractivity contribution in [3.05, 3.63) is 29.3 Å². The maximum atomic E-state index is 12.4. The van der Waals surface area contributed by atoms with Crippen molar-refractivity contribution in [2.75, 3.05) is 20.2 Å². The van der Waals surface area contributed by atoms with E-state index in [1.165, 1.54) is 0 Å². The Hall–Kier alpha value is -2.57. The fourth-order valence-corrected chi connectivity index (χ4v) is 3.10. The lowest BCUT2D eigenvalue weighted by Crippen LogP contribution is -2.44. The van der Waals surface area contributed by atoms with Gasteiger partial charge < -0.3 is 20.1 Å². The van der Waals surface area contributed by atoms with Crippen molar-refractivity contribution in [1.29, 1.82) is 0 Å². The van der Waals surface area contributed by atoms with Crippen LogP contribution in [0.4, 0.5) is 0 Å². The number of aliphatic carboxylic acids is 1. The normalized spacial score (nSPS) is 21.0. The van der Waals surface area contributed by atoms with Crippen LogP contribution in [0.5, 0.6) is 5.75 Å². The summed E-state index contributed by atoms with van der Waals surface area (Å²) in [6.45, 7) is 1.09. The Morgan fingerprint density at radius 1 is 1.42 bits per heavy atom. The highest BCUT2D eigenvalue weighted by Crippen LogP contribution is 2.29. The summed E-state index contributed by atoms with van der Waals surface area (Å²) in [5, 5.41) is 12.1. The first-order valence-electron chi connectivity index (χ1n) is 7.98. The number of carboxylic acid groups (broad SMARTS) is 1. The number of nitrogens with zero attached hydrogens (tertiary/aromatic N) is 1. The SMILES string of the molecule is CN1CCC(C(=O)NC(C(=O)O)c2ccc3c(c2)CCO3)CC1=O. The van der Waals surface area contributed by atoms with Crippen molar-refractivity contribution in [2.45, 2.75) is 25.3 Å². The quantitative estimate of drug-likeness (QED) is 0.847. The summed E-state index contributed by atoms with van der Waals surface area (Å²) in [5.41, 5.74) is 1.46. The predicted octanol–water partition coefficient (Wildman–Crippen LogP) is 0.732. The van der Waals surface area contributed by atoms with E-state index in [-0.39, 0.29) is 18.2 Å². The number of carboxylic acids is 1. The minimum atomic E-state index is -1.13. The van der Waals surface area contributed by atoms with E-state index < -0.39 is 17.9 Å². The number of ether oxygens (including phenoxy) is 1. The molecule has 0 spiro atoms. The van der Waals surface area contributed by atoms with Crippen LogP contribution < -0.4 is 10.1 Å². The van der Waals surface area contributed by atoms with Gasteiger partial charge in [0.1, 0.15) is 5.75 Å². The second-order valence-corrected chi connectivity index (χ2v) is 6.25. The molecule has 2 N–H and O–H groups in total. The van der Waals surface area contributed by atoms with Crippen LogP contribution in [-0.2, 0) is 20.8 Å². The summed E-state index contributed by atoms with van der Waals surface area (Å²) >= 11 is 0. The van der Waals surface area contributed by atoms with E-state index >= 15 is 0 Å². The van der Waals surface area contributed by atoms with E-state index in [0.717, 1.165) is 17.7 Å². The van der Waals surface area contributed by atoms with Gasteiger partial charge in [-0.05, 0) is 29.7 Å². The molecule has 1 fully saturated rings. The largest absolute Gasteiger partial charge is 0.493 e. The molecule has 0 aliphatic carbocycles. The fourth-order valence-electron chi connectivity index (χ4n) is 3.10. The Balaban J connectivity index is 1.73. The molecule has 2 aliphatic rings. The van der Waals surface area contributed by atoms with Gasteiger partial charge in [0.15, 0.2) is 6.04 Å². The first kappa shape index (κ1) is 16.3. The standard InChI is InChI=1S/C17H20N2O5/c1-19-6-4-12(9-14(19)20)16(21)18-15(17(22)23)11-2-3-13-10(8-11)5-7-24-13/h2-3,8,12,15H,4-7,9H2,1H3,(H,18,21)(H,22,23). The first-order valence-corrected chi connectivity index (χ1v) is 7.98. The van der Waals surface area contributed by atoms with E-state index in [1.807, 2.05) is 0 Å². The Bertz CT molecular complexity index is 688. The van der Waals surface area contributed by atoms with Gasteiger partial charge in [-0.2, -0.15) is 0 Å². The molecule has 0 radical (unpaired) electrons. The van der Waals surface area contributed by atoms with Crippen LogP contribution in [0.25, 0.3) is 0 Å². The monoisotopic (exact) mass is 332 g/mol. The molecule has 1 aromatic carbocycles. The predicted molar refractivity (Wildman–Crippen MR) is 84.5 cm³/mol. The summed E-state index contributed by atoms with van der Waals surface area (Å²) in [6.07, 6.45) is 1.39. The maximum absolute atomic E-state index is 12.4. The Kier molecular flexibility index (Phi) is 4.42. The zero-order valence-corrected chi connectivity index (χ0v) is 13.4. The highest BCUT2D eigenvalue weighted by atomic mass is 16.5. The molecule has 7 heteroatoms. The summed E-state index contributed by atoms with van der Waals surface area (Å²) in [6, 6.07) is 4.03. The Morgan fingerprint density at radius 3 is 2.92 bits per heavy atom. The number of hydrogen-bond donors (Lipinski definition) is 2. The number of fused-ring (bicyclic) bond motifs is 1. The molecule has 0 saturated carbocycles. The first-order chi connectivity index (χ1) is 11.5. The summed E-state index contributed by atoms with van der Waals surface area (Å²) in [7, 11) is 1.70. The minimum Gasteiger partial charge on any atom is -0.493 e. The van der Waals surface area contributed by atoms with E-state index in [0.29, 0.717) is 25.1 Å². The van der Waals surface area contributed by atoms with Gasteiger partial charge in [-0.15, -0.1) is 0 Å². The second-order valence-electron chi connectivity index (χ2n) is 6.25. The fraction of sp³-hybridized carbons (Fsp3) is 0.471. The van der Waals surface area contributed by atoms with E-state index in [9.17, 15) is 19.5 Å². The molecule has 0 bridgehead atoms.